The first-order chi connectivity index (χ1) is 16.5. The Hall–Kier alpha value is -3.32. The molecular formula is C22H27N5O7. The first-order valence-corrected chi connectivity index (χ1v) is 10.9. The average molecular weight is 473 g/mol. The number of hydrogen-bond donors (Lipinski definition) is 4. The zero-order valence-corrected chi connectivity index (χ0v) is 18.8. The smallest absolute Gasteiger partial charge is 0.311 e. The molecule has 2 unspecified atom stereocenters. The summed E-state index contributed by atoms with van der Waals surface area (Å²) in [4.78, 5) is 24.6. The van der Waals surface area contributed by atoms with Crippen LogP contribution in [0.25, 0.3) is 11.2 Å². The predicted octanol–water partition coefficient (Wildman–Crippen LogP) is 0.764. The van der Waals surface area contributed by atoms with E-state index in [1.807, 2.05) is 6.92 Å². The van der Waals surface area contributed by atoms with Crippen molar-refractivity contribution in [2.75, 3.05) is 19.0 Å². The number of anilines is 1. The Kier molecular flexibility index (Phi) is 7.22. The van der Waals surface area contributed by atoms with Crippen molar-refractivity contribution in [1.29, 1.82) is 0 Å². The van der Waals surface area contributed by atoms with E-state index >= 15 is 0 Å². The number of methoxy groups -OCH3 is 1. The van der Waals surface area contributed by atoms with Crippen LogP contribution in [0.2, 0.25) is 0 Å². The second-order valence-corrected chi connectivity index (χ2v) is 7.84. The molecule has 4 atom stereocenters. The summed E-state index contributed by atoms with van der Waals surface area (Å²) in [5.41, 5.74) is 1.68. The van der Waals surface area contributed by atoms with E-state index in [0.717, 1.165) is 5.56 Å². The molecule has 0 aliphatic carbocycles. The highest BCUT2D eigenvalue weighted by molar-refractivity contribution is 5.82. The van der Waals surface area contributed by atoms with E-state index < -0.39 is 31.1 Å². The molecule has 0 amide bonds. The third-order valence-electron chi connectivity index (χ3n) is 5.52. The molecule has 1 fully saturated rings. The van der Waals surface area contributed by atoms with Crippen molar-refractivity contribution in [3.05, 3.63) is 36.4 Å². The van der Waals surface area contributed by atoms with Gasteiger partial charge >= 0.3 is 5.97 Å². The van der Waals surface area contributed by atoms with Gasteiger partial charge < -0.3 is 34.8 Å². The van der Waals surface area contributed by atoms with Crippen molar-refractivity contribution < 1.29 is 34.3 Å². The highest BCUT2D eigenvalue weighted by atomic mass is 16.6. The number of aromatic nitrogens is 4. The fourth-order valence-corrected chi connectivity index (χ4v) is 3.75. The number of carbonyl (C=O) groups excluding carboxylic acids is 1. The van der Waals surface area contributed by atoms with Crippen LogP contribution in [0.15, 0.2) is 30.9 Å². The molecular weight excluding hydrogens is 446 g/mol. The zero-order valence-electron chi connectivity index (χ0n) is 18.8. The summed E-state index contributed by atoms with van der Waals surface area (Å²) in [5, 5.41) is 32.9. The van der Waals surface area contributed by atoms with Crippen LogP contribution in [0.3, 0.4) is 0 Å². The summed E-state index contributed by atoms with van der Waals surface area (Å²) in [6.45, 7) is 1.84. The normalized spacial score (nSPS) is 22.1. The van der Waals surface area contributed by atoms with Crippen molar-refractivity contribution in [3.8, 4) is 11.5 Å². The molecule has 0 bridgehead atoms. The number of benzene rings is 1. The number of esters is 1. The van der Waals surface area contributed by atoms with Crippen LogP contribution in [0.5, 0.6) is 11.5 Å². The number of ether oxygens (including phenoxy) is 3. The van der Waals surface area contributed by atoms with Crippen LogP contribution in [0, 0.1) is 0 Å². The van der Waals surface area contributed by atoms with E-state index in [9.17, 15) is 20.1 Å². The summed E-state index contributed by atoms with van der Waals surface area (Å²) in [6, 6.07) is 5.24. The minimum absolute atomic E-state index is 0.320. The van der Waals surface area contributed by atoms with E-state index in [2.05, 4.69) is 20.3 Å². The molecule has 1 saturated heterocycles. The average Bonchev–Trinajstić information content (AvgIpc) is 3.39. The first kappa shape index (κ1) is 23.8. The molecule has 1 aliphatic rings. The standard InChI is InChI=1S/C22H27N5O7/c1-3-4-16(29)33-13-6-5-12(7-14(13)32-2)8-23-20-17-21(25-10-24-20)27(11-26-17)22-19(31)18(30)15(9-28)34-22/h5-7,10-11,15,18-19,22,28,30-31H,3-4,8-9H2,1-2H3,(H,23,24,25)/t15-,18?,19?,22-/m1/s1. The Morgan fingerprint density at radius 3 is 2.74 bits per heavy atom. The summed E-state index contributed by atoms with van der Waals surface area (Å²) in [7, 11) is 1.50. The Morgan fingerprint density at radius 1 is 1.21 bits per heavy atom. The number of aliphatic hydroxyl groups is 3. The van der Waals surface area contributed by atoms with Crippen LogP contribution >= 0.6 is 0 Å². The number of carbonyl (C=O) groups is 1. The van der Waals surface area contributed by atoms with Gasteiger partial charge in [0.2, 0.25) is 0 Å². The van der Waals surface area contributed by atoms with Gasteiger partial charge in [-0.15, -0.1) is 0 Å². The molecule has 3 aromatic rings. The molecule has 12 nitrogen and oxygen atoms in total. The Morgan fingerprint density at radius 2 is 2.03 bits per heavy atom. The molecule has 2 aromatic heterocycles. The Labute approximate surface area is 195 Å². The SMILES string of the molecule is CCCC(=O)Oc1ccc(CNc2ncnc3c2ncn3[C@@H]2O[C@H](CO)C(O)C2O)cc1OC. The van der Waals surface area contributed by atoms with Crippen LogP contribution in [-0.2, 0) is 16.1 Å². The highest BCUT2D eigenvalue weighted by Crippen LogP contribution is 2.32. The lowest BCUT2D eigenvalue weighted by Gasteiger charge is -2.16. The van der Waals surface area contributed by atoms with Crippen molar-refractivity contribution >= 4 is 23.0 Å². The lowest BCUT2D eigenvalue weighted by Crippen LogP contribution is -2.33. The number of rotatable bonds is 9. The zero-order chi connectivity index (χ0) is 24.2. The van der Waals surface area contributed by atoms with E-state index in [1.54, 1.807) is 18.2 Å². The fourth-order valence-electron chi connectivity index (χ4n) is 3.75. The molecule has 0 radical (unpaired) electrons. The second kappa shape index (κ2) is 10.3. The number of nitrogens with zero attached hydrogens (tertiary/aromatic N) is 4. The van der Waals surface area contributed by atoms with Crippen molar-refractivity contribution in [2.24, 2.45) is 0 Å². The maximum absolute atomic E-state index is 11.8. The summed E-state index contributed by atoms with van der Waals surface area (Å²) < 4.78 is 17.8. The van der Waals surface area contributed by atoms with Gasteiger partial charge in [-0.1, -0.05) is 13.0 Å². The molecule has 3 heterocycles. The lowest BCUT2D eigenvalue weighted by atomic mass is 10.1. The Balaban J connectivity index is 1.51. The molecule has 4 N–H and O–H groups in total. The maximum atomic E-state index is 11.8. The first-order valence-electron chi connectivity index (χ1n) is 10.9. The van der Waals surface area contributed by atoms with Gasteiger partial charge in [0.15, 0.2) is 34.7 Å². The van der Waals surface area contributed by atoms with Gasteiger partial charge in [0.25, 0.3) is 0 Å². The van der Waals surface area contributed by atoms with Crippen LogP contribution in [-0.4, -0.2) is 72.8 Å². The van der Waals surface area contributed by atoms with Gasteiger partial charge in [-0.25, -0.2) is 15.0 Å². The van der Waals surface area contributed by atoms with Crippen LogP contribution < -0.4 is 14.8 Å². The fraction of sp³-hybridized carbons (Fsp3) is 0.455. The summed E-state index contributed by atoms with van der Waals surface area (Å²) >= 11 is 0. The van der Waals surface area contributed by atoms with Gasteiger partial charge in [-0.3, -0.25) is 9.36 Å². The van der Waals surface area contributed by atoms with Crippen molar-refractivity contribution in [2.45, 2.75) is 50.8 Å². The Bertz CT molecular complexity index is 1150. The van der Waals surface area contributed by atoms with E-state index in [1.165, 1.54) is 24.3 Å². The van der Waals surface area contributed by atoms with Gasteiger partial charge in [0, 0.05) is 13.0 Å². The predicted molar refractivity (Wildman–Crippen MR) is 119 cm³/mol. The topological polar surface area (TPSA) is 161 Å². The number of hydrogen-bond acceptors (Lipinski definition) is 11. The summed E-state index contributed by atoms with van der Waals surface area (Å²) in [6.07, 6.45) is -0.534. The van der Waals surface area contributed by atoms with Crippen LogP contribution in [0.4, 0.5) is 5.82 Å². The molecule has 182 valence electrons. The van der Waals surface area contributed by atoms with Crippen molar-refractivity contribution in [3.63, 3.8) is 0 Å². The van der Waals surface area contributed by atoms with Gasteiger partial charge in [0.05, 0.1) is 20.0 Å². The molecule has 34 heavy (non-hydrogen) atoms. The van der Waals surface area contributed by atoms with E-state index in [-0.39, 0.29) is 5.97 Å². The molecule has 4 rings (SSSR count). The quantitative estimate of drug-likeness (QED) is 0.256. The maximum Gasteiger partial charge on any atom is 0.311 e. The molecule has 12 heteroatoms. The monoisotopic (exact) mass is 473 g/mol. The second-order valence-electron chi connectivity index (χ2n) is 7.84. The lowest BCUT2D eigenvalue weighted by molar-refractivity contribution is -0.134. The number of fused-ring (bicyclic) bond motifs is 1. The van der Waals surface area contributed by atoms with E-state index in [0.29, 0.717) is 47.9 Å². The third kappa shape index (κ3) is 4.66. The number of aliphatic hydroxyl groups excluding tert-OH is 3. The number of nitrogens with one attached hydrogen (secondary N) is 1. The van der Waals surface area contributed by atoms with Gasteiger partial charge in [-0.05, 0) is 24.1 Å². The van der Waals surface area contributed by atoms with Crippen molar-refractivity contribution in [1.82, 2.24) is 19.5 Å². The molecule has 0 spiro atoms. The van der Waals surface area contributed by atoms with Crippen LogP contribution in [0.1, 0.15) is 31.6 Å². The van der Waals surface area contributed by atoms with Gasteiger partial charge in [0.1, 0.15) is 24.6 Å². The highest BCUT2D eigenvalue weighted by Gasteiger charge is 2.44. The van der Waals surface area contributed by atoms with E-state index in [4.69, 9.17) is 14.2 Å². The minimum atomic E-state index is -1.25. The minimum Gasteiger partial charge on any atom is -0.493 e. The van der Waals surface area contributed by atoms with Gasteiger partial charge in [-0.2, -0.15) is 0 Å². The summed E-state index contributed by atoms with van der Waals surface area (Å²) in [5.74, 6) is 0.921. The molecule has 1 aliphatic heterocycles. The third-order valence-corrected chi connectivity index (χ3v) is 5.52. The largest absolute Gasteiger partial charge is 0.493 e. The molecule has 1 aromatic carbocycles. The number of imidazole rings is 1. The molecule has 0 saturated carbocycles.